The second kappa shape index (κ2) is 4.93. The van der Waals surface area contributed by atoms with Crippen molar-refractivity contribution in [3.05, 3.63) is 16.1 Å². The lowest BCUT2D eigenvalue weighted by molar-refractivity contribution is 0.0708. The van der Waals surface area contributed by atoms with Gasteiger partial charge in [-0.1, -0.05) is 0 Å². The summed E-state index contributed by atoms with van der Waals surface area (Å²) in [7, 11) is 0. The molecule has 0 radical (unpaired) electrons. The zero-order valence-corrected chi connectivity index (χ0v) is 10.5. The third kappa shape index (κ3) is 2.10. The van der Waals surface area contributed by atoms with Gasteiger partial charge in [-0.05, 0) is 26.8 Å². The van der Waals surface area contributed by atoms with Gasteiger partial charge in [0.15, 0.2) is 0 Å². The molecule has 1 aliphatic rings. The molecule has 0 spiro atoms. The normalized spacial score (nSPS) is 20.0. The summed E-state index contributed by atoms with van der Waals surface area (Å²) in [6.07, 6.45) is 1.05. The molecule has 2 rings (SSSR count). The van der Waals surface area contributed by atoms with Gasteiger partial charge in [0.2, 0.25) is 0 Å². The van der Waals surface area contributed by atoms with Crippen molar-refractivity contribution in [2.45, 2.75) is 26.3 Å². The van der Waals surface area contributed by atoms with E-state index < -0.39 is 0 Å². The molecule has 2 heterocycles. The van der Waals surface area contributed by atoms with E-state index in [1.807, 2.05) is 18.7 Å². The molecule has 1 atom stereocenters. The molecule has 0 aromatic carbocycles. The number of carbonyl (C=O) groups excluding carboxylic acids is 1. The van der Waals surface area contributed by atoms with Crippen molar-refractivity contribution in [3.8, 4) is 0 Å². The van der Waals surface area contributed by atoms with Gasteiger partial charge in [-0.15, -0.1) is 11.3 Å². The Hall–Kier alpha value is -0.940. The number of nitrogens with one attached hydrogen (secondary N) is 1. The van der Waals surface area contributed by atoms with E-state index in [-0.39, 0.29) is 5.91 Å². The quantitative estimate of drug-likeness (QED) is 0.864. The van der Waals surface area contributed by atoms with Crippen molar-refractivity contribution < 1.29 is 4.79 Å². The highest BCUT2D eigenvalue weighted by Gasteiger charge is 2.27. The van der Waals surface area contributed by atoms with E-state index in [0.29, 0.717) is 6.04 Å². The van der Waals surface area contributed by atoms with Crippen LogP contribution in [-0.2, 0) is 0 Å². The van der Waals surface area contributed by atoms with E-state index in [9.17, 15) is 4.79 Å². The third-order valence-corrected chi connectivity index (χ3v) is 3.93. The van der Waals surface area contributed by atoms with E-state index in [4.69, 9.17) is 0 Å². The van der Waals surface area contributed by atoms with Crippen LogP contribution in [0.1, 0.15) is 28.7 Å². The SMILES string of the molecule is CCN(C(=O)c1scnc1C)C1CCNC1. The molecule has 0 saturated carbocycles. The van der Waals surface area contributed by atoms with Crippen LogP contribution in [0.25, 0.3) is 0 Å². The van der Waals surface area contributed by atoms with Crippen molar-refractivity contribution in [1.82, 2.24) is 15.2 Å². The van der Waals surface area contributed by atoms with E-state index >= 15 is 0 Å². The van der Waals surface area contributed by atoms with Crippen molar-refractivity contribution in [2.75, 3.05) is 19.6 Å². The lowest BCUT2D eigenvalue weighted by Crippen LogP contribution is -2.41. The molecule has 1 saturated heterocycles. The van der Waals surface area contributed by atoms with Gasteiger partial charge in [0.05, 0.1) is 11.2 Å². The Kier molecular flexibility index (Phi) is 3.56. The number of nitrogens with zero attached hydrogens (tertiary/aromatic N) is 2. The number of hydrogen-bond donors (Lipinski definition) is 1. The smallest absolute Gasteiger partial charge is 0.266 e. The van der Waals surface area contributed by atoms with Gasteiger partial charge in [0.1, 0.15) is 4.88 Å². The highest BCUT2D eigenvalue weighted by Crippen LogP contribution is 2.18. The van der Waals surface area contributed by atoms with Gasteiger partial charge in [-0.2, -0.15) is 0 Å². The standard InChI is InChI=1S/C11H17N3OS/c1-3-14(9-4-5-12-6-9)11(15)10-8(2)13-7-16-10/h7,9,12H,3-6H2,1-2H3. The summed E-state index contributed by atoms with van der Waals surface area (Å²) in [5.74, 6) is 0.135. The molecule has 1 aromatic rings. The van der Waals surface area contributed by atoms with Crippen LogP contribution in [0.3, 0.4) is 0 Å². The Morgan fingerprint density at radius 1 is 1.75 bits per heavy atom. The Morgan fingerprint density at radius 2 is 2.56 bits per heavy atom. The minimum absolute atomic E-state index is 0.135. The lowest BCUT2D eigenvalue weighted by atomic mass is 10.2. The van der Waals surface area contributed by atoms with Crippen LogP contribution < -0.4 is 5.32 Å². The van der Waals surface area contributed by atoms with E-state index in [1.54, 1.807) is 5.51 Å². The van der Waals surface area contributed by atoms with Crippen molar-refractivity contribution in [1.29, 1.82) is 0 Å². The number of thiazole rings is 1. The van der Waals surface area contributed by atoms with E-state index in [2.05, 4.69) is 10.3 Å². The summed E-state index contributed by atoms with van der Waals surface area (Å²) < 4.78 is 0. The molecule has 1 amide bonds. The molecule has 88 valence electrons. The van der Waals surface area contributed by atoms with Gasteiger partial charge < -0.3 is 10.2 Å². The van der Waals surface area contributed by atoms with Crippen LogP contribution in [0.2, 0.25) is 0 Å². The summed E-state index contributed by atoms with van der Waals surface area (Å²) in [5, 5.41) is 3.30. The summed E-state index contributed by atoms with van der Waals surface area (Å²) in [6, 6.07) is 0.346. The fourth-order valence-electron chi connectivity index (χ4n) is 2.11. The fraction of sp³-hybridized carbons (Fsp3) is 0.636. The number of amides is 1. The summed E-state index contributed by atoms with van der Waals surface area (Å²) in [5.41, 5.74) is 2.59. The number of hydrogen-bond acceptors (Lipinski definition) is 4. The summed E-state index contributed by atoms with van der Waals surface area (Å²) in [4.78, 5) is 19.2. The molecule has 1 fully saturated rings. The number of aromatic nitrogens is 1. The summed E-state index contributed by atoms with van der Waals surface area (Å²) >= 11 is 1.44. The zero-order valence-electron chi connectivity index (χ0n) is 9.69. The molecule has 1 aliphatic heterocycles. The van der Waals surface area contributed by atoms with E-state index in [1.165, 1.54) is 11.3 Å². The number of rotatable bonds is 3. The Bertz CT molecular complexity index is 371. The van der Waals surface area contributed by atoms with Gasteiger partial charge in [0.25, 0.3) is 5.91 Å². The van der Waals surface area contributed by atoms with Gasteiger partial charge >= 0.3 is 0 Å². The molecule has 5 heteroatoms. The third-order valence-electron chi connectivity index (χ3n) is 3.02. The molecule has 1 unspecified atom stereocenters. The average molecular weight is 239 g/mol. The number of likely N-dealkylation sites (N-methyl/N-ethyl adjacent to an activating group) is 1. The predicted octanol–water partition coefficient (Wildman–Crippen LogP) is 1.28. The molecular formula is C11H17N3OS. The first-order chi connectivity index (χ1) is 7.74. The second-order valence-electron chi connectivity index (χ2n) is 4.00. The van der Waals surface area contributed by atoms with Crippen LogP contribution >= 0.6 is 11.3 Å². The molecule has 4 nitrogen and oxygen atoms in total. The predicted molar refractivity (Wildman–Crippen MR) is 64.8 cm³/mol. The number of aryl methyl sites for hydroxylation is 1. The first-order valence-electron chi connectivity index (χ1n) is 5.65. The molecule has 1 N–H and O–H groups in total. The molecule has 1 aromatic heterocycles. The van der Waals surface area contributed by atoms with Crippen LogP contribution in [0.4, 0.5) is 0 Å². The Morgan fingerprint density at radius 3 is 3.06 bits per heavy atom. The van der Waals surface area contributed by atoms with Crippen molar-refractivity contribution >= 4 is 17.2 Å². The fourth-order valence-corrected chi connectivity index (χ4v) is 2.87. The van der Waals surface area contributed by atoms with Gasteiger partial charge in [-0.25, -0.2) is 4.98 Å². The second-order valence-corrected chi connectivity index (χ2v) is 4.86. The van der Waals surface area contributed by atoms with Crippen molar-refractivity contribution in [2.24, 2.45) is 0 Å². The van der Waals surface area contributed by atoms with Gasteiger partial charge in [-0.3, -0.25) is 4.79 Å². The molecule has 0 aliphatic carbocycles. The highest BCUT2D eigenvalue weighted by atomic mass is 32.1. The topological polar surface area (TPSA) is 45.2 Å². The molecule has 16 heavy (non-hydrogen) atoms. The highest BCUT2D eigenvalue weighted by molar-refractivity contribution is 7.11. The molecule has 0 bridgehead atoms. The maximum atomic E-state index is 12.3. The first-order valence-corrected chi connectivity index (χ1v) is 6.53. The average Bonchev–Trinajstić information content (AvgIpc) is 2.90. The zero-order chi connectivity index (χ0) is 11.5. The maximum absolute atomic E-state index is 12.3. The number of carbonyl (C=O) groups is 1. The van der Waals surface area contributed by atoms with Crippen LogP contribution in [0.5, 0.6) is 0 Å². The Balaban J connectivity index is 2.15. The van der Waals surface area contributed by atoms with Gasteiger partial charge in [0, 0.05) is 19.1 Å². The monoisotopic (exact) mass is 239 g/mol. The molecular weight excluding hydrogens is 222 g/mol. The van der Waals surface area contributed by atoms with Crippen molar-refractivity contribution in [3.63, 3.8) is 0 Å². The largest absolute Gasteiger partial charge is 0.334 e. The lowest BCUT2D eigenvalue weighted by Gasteiger charge is -2.26. The van der Waals surface area contributed by atoms with E-state index in [0.717, 1.165) is 36.6 Å². The minimum Gasteiger partial charge on any atom is -0.334 e. The maximum Gasteiger partial charge on any atom is 0.266 e. The summed E-state index contributed by atoms with van der Waals surface area (Å²) in [6.45, 7) is 6.62. The minimum atomic E-state index is 0.135. The Labute approximate surface area is 99.7 Å². The van der Waals surface area contributed by atoms with Crippen LogP contribution in [0, 0.1) is 6.92 Å². The van der Waals surface area contributed by atoms with Crippen LogP contribution in [-0.4, -0.2) is 41.5 Å². The first kappa shape index (κ1) is 11.5. The van der Waals surface area contributed by atoms with Crippen LogP contribution in [0.15, 0.2) is 5.51 Å².